The first kappa shape index (κ1) is 22.5. The molecule has 0 aliphatic heterocycles. The maximum absolute atomic E-state index is 12.9. The molecule has 7 nitrogen and oxygen atoms in total. The quantitative estimate of drug-likeness (QED) is 0.477. The Morgan fingerprint density at radius 1 is 1.00 bits per heavy atom. The predicted molar refractivity (Wildman–Crippen MR) is 123 cm³/mol. The molecule has 0 aliphatic carbocycles. The number of nitrogens with one attached hydrogen (secondary N) is 3. The van der Waals surface area contributed by atoms with Gasteiger partial charge >= 0.3 is 0 Å². The molecule has 0 unspecified atom stereocenters. The lowest BCUT2D eigenvalue weighted by Gasteiger charge is -2.13. The fourth-order valence-electron chi connectivity index (χ4n) is 2.89. The van der Waals surface area contributed by atoms with Crippen LogP contribution in [0, 0.1) is 13.8 Å². The highest BCUT2D eigenvalue weighted by molar-refractivity contribution is 7.92. The molecular formula is C22H23N3O4S2. The van der Waals surface area contributed by atoms with E-state index in [1.165, 1.54) is 17.4 Å². The molecule has 3 rings (SSSR count). The van der Waals surface area contributed by atoms with Gasteiger partial charge in [-0.3, -0.25) is 14.3 Å². The van der Waals surface area contributed by atoms with Crippen LogP contribution < -0.4 is 15.4 Å². The zero-order valence-corrected chi connectivity index (χ0v) is 18.8. The standard InChI is InChI=1S/C22H23N3O4S2/c1-15-4-3-5-19(12-15)25-31(28,29)20-13-18(7-6-16(20)2)24-21(26)8-10-23-22(27)17-9-11-30-14-17/h3-7,9,11-14,25H,8,10H2,1-2H3,(H,23,27)(H,24,26). The Kier molecular flexibility index (Phi) is 7.09. The zero-order valence-electron chi connectivity index (χ0n) is 17.1. The van der Waals surface area contributed by atoms with Crippen LogP contribution in [0.4, 0.5) is 11.4 Å². The van der Waals surface area contributed by atoms with Gasteiger partial charge in [-0.05, 0) is 60.7 Å². The smallest absolute Gasteiger partial charge is 0.262 e. The number of hydrogen-bond donors (Lipinski definition) is 3. The molecule has 3 aromatic rings. The molecule has 0 bridgehead atoms. The molecule has 0 fully saturated rings. The molecule has 1 heterocycles. The fraction of sp³-hybridized carbons (Fsp3) is 0.182. The Bertz CT molecular complexity index is 1190. The van der Waals surface area contributed by atoms with Gasteiger partial charge in [-0.25, -0.2) is 8.42 Å². The van der Waals surface area contributed by atoms with Crippen LogP contribution in [-0.2, 0) is 14.8 Å². The van der Waals surface area contributed by atoms with Crippen molar-refractivity contribution in [3.63, 3.8) is 0 Å². The number of benzene rings is 2. The van der Waals surface area contributed by atoms with E-state index in [0.29, 0.717) is 22.5 Å². The maximum Gasteiger partial charge on any atom is 0.262 e. The molecule has 0 saturated carbocycles. The molecule has 1 aromatic heterocycles. The van der Waals surface area contributed by atoms with Gasteiger partial charge in [0.1, 0.15) is 0 Å². The van der Waals surface area contributed by atoms with Crippen molar-refractivity contribution in [2.45, 2.75) is 25.2 Å². The van der Waals surface area contributed by atoms with E-state index in [0.717, 1.165) is 5.56 Å². The van der Waals surface area contributed by atoms with Gasteiger partial charge in [0, 0.05) is 35.3 Å². The largest absolute Gasteiger partial charge is 0.351 e. The number of anilines is 2. The molecule has 0 saturated heterocycles. The molecule has 3 N–H and O–H groups in total. The third kappa shape index (κ3) is 6.16. The Balaban J connectivity index is 1.63. The number of sulfonamides is 1. The highest BCUT2D eigenvalue weighted by Crippen LogP contribution is 2.23. The molecular weight excluding hydrogens is 434 g/mol. The number of carbonyl (C=O) groups excluding carboxylic acids is 2. The van der Waals surface area contributed by atoms with Gasteiger partial charge in [-0.2, -0.15) is 11.3 Å². The highest BCUT2D eigenvalue weighted by Gasteiger charge is 2.18. The Morgan fingerprint density at radius 3 is 2.52 bits per heavy atom. The van der Waals surface area contributed by atoms with Crippen LogP contribution in [0.1, 0.15) is 27.9 Å². The van der Waals surface area contributed by atoms with Crippen LogP contribution in [0.15, 0.2) is 64.2 Å². The summed E-state index contributed by atoms with van der Waals surface area (Å²) in [5, 5.41) is 8.90. The SMILES string of the molecule is Cc1cccc(NS(=O)(=O)c2cc(NC(=O)CCNC(=O)c3ccsc3)ccc2C)c1. The second-order valence-electron chi connectivity index (χ2n) is 7.02. The average Bonchev–Trinajstić information content (AvgIpc) is 3.24. The molecule has 31 heavy (non-hydrogen) atoms. The summed E-state index contributed by atoms with van der Waals surface area (Å²) in [4.78, 5) is 24.2. The third-order valence-electron chi connectivity index (χ3n) is 4.45. The lowest BCUT2D eigenvalue weighted by Crippen LogP contribution is -2.27. The minimum absolute atomic E-state index is 0.0629. The van der Waals surface area contributed by atoms with Crippen molar-refractivity contribution in [2.75, 3.05) is 16.6 Å². The average molecular weight is 458 g/mol. The number of rotatable bonds is 8. The molecule has 0 aliphatic rings. The molecule has 0 radical (unpaired) electrons. The Morgan fingerprint density at radius 2 is 1.81 bits per heavy atom. The van der Waals surface area contributed by atoms with Gasteiger partial charge < -0.3 is 10.6 Å². The van der Waals surface area contributed by atoms with E-state index in [-0.39, 0.29) is 29.7 Å². The number of thiophene rings is 1. The maximum atomic E-state index is 12.9. The first-order chi connectivity index (χ1) is 14.7. The fourth-order valence-corrected chi connectivity index (χ4v) is 4.85. The van der Waals surface area contributed by atoms with Crippen molar-refractivity contribution in [3.8, 4) is 0 Å². The monoisotopic (exact) mass is 457 g/mol. The van der Waals surface area contributed by atoms with E-state index in [9.17, 15) is 18.0 Å². The van der Waals surface area contributed by atoms with Crippen molar-refractivity contribution < 1.29 is 18.0 Å². The van der Waals surface area contributed by atoms with Crippen molar-refractivity contribution in [1.29, 1.82) is 0 Å². The Hall–Kier alpha value is -3.17. The minimum atomic E-state index is -3.83. The van der Waals surface area contributed by atoms with Crippen molar-refractivity contribution in [2.24, 2.45) is 0 Å². The second kappa shape index (κ2) is 9.76. The lowest BCUT2D eigenvalue weighted by molar-refractivity contribution is -0.116. The summed E-state index contributed by atoms with van der Waals surface area (Å²) in [6, 6.07) is 13.5. The van der Waals surface area contributed by atoms with Gasteiger partial charge in [0.15, 0.2) is 0 Å². The van der Waals surface area contributed by atoms with Crippen LogP contribution >= 0.6 is 11.3 Å². The first-order valence-electron chi connectivity index (χ1n) is 9.55. The lowest BCUT2D eigenvalue weighted by atomic mass is 10.2. The van der Waals surface area contributed by atoms with Gasteiger partial charge in [-0.1, -0.05) is 18.2 Å². The Labute approximate surface area is 185 Å². The van der Waals surface area contributed by atoms with E-state index >= 15 is 0 Å². The summed E-state index contributed by atoms with van der Waals surface area (Å²) in [5.41, 5.74) is 2.88. The third-order valence-corrected chi connectivity index (χ3v) is 6.66. The van der Waals surface area contributed by atoms with Crippen LogP contribution in [0.25, 0.3) is 0 Å². The van der Waals surface area contributed by atoms with Crippen molar-refractivity contribution >= 4 is 44.5 Å². The number of hydrogen-bond acceptors (Lipinski definition) is 5. The topological polar surface area (TPSA) is 104 Å². The van der Waals surface area contributed by atoms with Gasteiger partial charge in [0.2, 0.25) is 5.91 Å². The normalized spacial score (nSPS) is 11.0. The molecule has 2 aromatic carbocycles. The van der Waals surface area contributed by atoms with Gasteiger partial charge in [-0.15, -0.1) is 0 Å². The first-order valence-corrected chi connectivity index (χ1v) is 12.0. The summed E-state index contributed by atoms with van der Waals surface area (Å²) >= 11 is 1.42. The van der Waals surface area contributed by atoms with E-state index in [1.807, 2.05) is 13.0 Å². The van der Waals surface area contributed by atoms with Gasteiger partial charge in [0.05, 0.1) is 4.90 Å². The molecule has 162 valence electrons. The van der Waals surface area contributed by atoms with E-state index in [1.54, 1.807) is 54.1 Å². The predicted octanol–water partition coefficient (Wildman–Crippen LogP) is 3.92. The van der Waals surface area contributed by atoms with Crippen LogP contribution in [0.5, 0.6) is 0 Å². The zero-order chi connectivity index (χ0) is 22.4. The molecule has 2 amide bonds. The number of amides is 2. The number of carbonyl (C=O) groups is 2. The second-order valence-corrected chi connectivity index (χ2v) is 9.45. The summed E-state index contributed by atoms with van der Waals surface area (Å²) in [7, 11) is -3.83. The minimum Gasteiger partial charge on any atom is -0.351 e. The van der Waals surface area contributed by atoms with Crippen molar-refractivity contribution in [3.05, 3.63) is 76.0 Å². The van der Waals surface area contributed by atoms with Crippen LogP contribution in [0.3, 0.4) is 0 Å². The molecule has 9 heteroatoms. The van der Waals surface area contributed by atoms with Crippen LogP contribution in [-0.4, -0.2) is 26.8 Å². The van der Waals surface area contributed by atoms with E-state index in [2.05, 4.69) is 15.4 Å². The van der Waals surface area contributed by atoms with E-state index in [4.69, 9.17) is 0 Å². The summed E-state index contributed by atoms with van der Waals surface area (Å²) in [6.45, 7) is 3.74. The van der Waals surface area contributed by atoms with Crippen LogP contribution in [0.2, 0.25) is 0 Å². The van der Waals surface area contributed by atoms with Crippen molar-refractivity contribution in [1.82, 2.24) is 5.32 Å². The van der Waals surface area contributed by atoms with Gasteiger partial charge in [0.25, 0.3) is 15.9 Å². The highest BCUT2D eigenvalue weighted by atomic mass is 32.2. The number of aryl methyl sites for hydroxylation is 2. The molecule has 0 atom stereocenters. The van der Waals surface area contributed by atoms with E-state index < -0.39 is 10.0 Å². The summed E-state index contributed by atoms with van der Waals surface area (Å²) in [6.07, 6.45) is 0.0629. The molecule has 0 spiro atoms. The summed E-state index contributed by atoms with van der Waals surface area (Å²) < 4.78 is 28.3. The summed E-state index contributed by atoms with van der Waals surface area (Å²) in [5.74, 6) is -0.565.